The Hall–Kier alpha value is -1.56. The maximum absolute atomic E-state index is 12.6. The maximum Gasteiger partial charge on any atom is 0.325 e. The fourth-order valence-corrected chi connectivity index (χ4v) is 3.48. The van der Waals surface area contributed by atoms with E-state index in [-0.39, 0.29) is 18.5 Å². The molecule has 0 aromatic heterocycles. The van der Waals surface area contributed by atoms with Crippen molar-refractivity contribution in [3.05, 3.63) is 28.2 Å². The number of imide groups is 1. The second-order valence-corrected chi connectivity index (χ2v) is 6.42. The number of benzene rings is 1. The van der Waals surface area contributed by atoms with Gasteiger partial charge in [0.25, 0.3) is 5.91 Å². The molecule has 1 aromatic carbocycles. The molecule has 1 heterocycles. The van der Waals surface area contributed by atoms with Gasteiger partial charge < -0.3 is 10.1 Å². The van der Waals surface area contributed by atoms with Crippen molar-refractivity contribution >= 4 is 27.9 Å². The molecule has 3 rings (SSSR count). The summed E-state index contributed by atoms with van der Waals surface area (Å²) in [5, 5.41) is 2.89. The minimum Gasteiger partial charge on any atom is -0.497 e. The number of urea groups is 1. The molecular weight excluding hydrogens is 336 g/mol. The van der Waals surface area contributed by atoms with E-state index in [1.165, 1.54) is 4.90 Å². The van der Waals surface area contributed by atoms with Crippen molar-refractivity contribution in [3.8, 4) is 5.75 Å². The number of rotatable bonds is 3. The third-order valence-electron chi connectivity index (χ3n) is 4.28. The summed E-state index contributed by atoms with van der Waals surface area (Å²) in [5.74, 6) is 0.607. The van der Waals surface area contributed by atoms with Crippen molar-refractivity contribution < 1.29 is 14.3 Å². The summed E-state index contributed by atoms with van der Waals surface area (Å²) < 4.78 is 6.05. The number of halogens is 1. The van der Waals surface area contributed by atoms with Gasteiger partial charge in [-0.25, -0.2) is 4.79 Å². The summed E-state index contributed by atoms with van der Waals surface area (Å²) in [4.78, 5) is 26.1. The molecule has 1 saturated carbocycles. The van der Waals surface area contributed by atoms with Crippen LogP contribution in [0.25, 0.3) is 0 Å². The molecule has 1 N–H and O–H groups in total. The number of ether oxygens (including phenoxy) is 1. The van der Waals surface area contributed by atoms with Crippen LogP contribution < -0.4 is 10.1 Å². The van der Waals surface area contributed by atoms with E-state index in [2.05, 4.69) is 21.2 Å². The van der Waals surface area contributed by atoms with E-state index in [1.54, 1.807) is 7.11 Å². The Bertz CT molecular complexity index is 597. The largest absolute Gasteiger partial charge is 0.497 e. The first-order valence-corrected chi connectivity index (χ1v) is 7.81. The Balaban J connectivity index is 1.85. The molecule has 5 nitrogen and oxygen atoms in total. The topological polar surface area (TPSA) is 58.6 Å². The van der Waals surface area contributed by atoms with Crippen LogP contribution in [-0.4, -0.2) is 29.5 Å². The lowest BCUT2D eigenvalue weighted by Gasteiger charge is -2.20. The Morgan fingerprint density at radius 1 is 1.33 bits per heavy atom. The van der Waals surface area contributed by atoms with E-state index >= 15 is 0 Å². The van der Waals surface area contributed by atoms with Gasteiger partial charge in [-0.1, -0.05) is 28.8 Å². The highest BCUT2D eigenvalue weighted by atomic mass is 79.9. The SMILES string of the molecule is COc1ccc(Br)c(CN2C(=O)NC3(CCCC3)C2=O)c1. The Kier molecular flexibility index (Phi) is 3.65. The van der Waals surface area contributed by atoms with E-state index in [4.69, 9.17) is 4.74 Å². The van der Waals surface area contributed by atoms with Crippen LogP contribution in [0.2, 0.25) is 0 Å². The fourth-order valence-electron chi connectivity index (χ4n) is 3.11. The van der Waals surface area contributed by atoms with Crippen molar-refractivity contribution in [2.45, 2.75) is 37.8 Å². The number of amides is 3. The van der Waals surface area contributed by atoms with Gasteiger partial charge in [-0.05, 0) is 36.6 Å². The Morgan fingerprint density at radius 2 is 2.05 bits per heavy atom. The molecule has 2 aliphatic rings. The average Bonchev–Trinajstić information content (AvgIpc) is 3.02. The van der Waals surface area contributed by atoms with Crippen LogP contribution in [0.1, 0.15) is 31.2 Å². The van der Waals surface area contributed by atoms with E-state index in [9.17, 15) is 9.59 Å². The summed E-state index contributed by atoms with van der Waals surface area (Å²) in [6.07, 6.45) is 3.46. The van der Waals surface area contributed by atoms with Gasteiger partial charge in [0.2, 0.25) is 0 Å². The van der Waals surface area contributed by atoms with Crippen molar-refractivity contribution in [1.29, 1.82) is 0 Å². The second kappa shape index (κ2) is 5.33. The van der Waals surface area contributed by atoms with E-state index < -0.39 is 5.54 Å². The quantitative estimate of drug-likeness (QED) is 0.851. The highest BCUT2D eigenvalue weighted by molar-refractivity contribution is 9.10. The van der Waals surface area contributed by atoms with E-state index in [0.717, 1.165) is 35.7 Å². The zero-order chi connectivity index (χ0) is 15.0. The average molecular weight is 353 g/mol. The maximum atomic E-state index is 12.6. The van der Waals surface area contributed by atoms with Crippen LogP contribution in [0, 0.1) is 0 Å². The molecule has 112 valence electrons. The first kappa shape index (κ1) is 14.4. The Labute approximate surface area is 131 Å². The number of carbonyl (C=O) groups is 2. The number of nitrogens with one attached hydrogen (secondary N) is 1. The van der Waals surface area contributed by atoms with Crippen LogP contribution in [-0.2, 0) is 11.3 Å². The number of nitrogens with zero attached hydrogens (tertiary/aromatic N) is 1. The minimum atomic E-state index is -0.650. The molecule has 6 heteroatoms. The van der Waals surface area contributed by atoms with Gasteiger partial charge in [-0.2, -0.15) is 0 Å². The molecule has 1 spiro atoms. The summed E-state index contributed by atoms with van der Waals surface area (Å²) in [6.45, 7) is 0.254. The predicted octanol–water partition coefficient (Wildman–Crippen LogP) is 2.82. The van der Waals surface area contributed by atoms with Crippen LogP contribution in [0.15, 0.2) is 22.7 Å². The summed E-state index contributed by atoms with van der Waals surface area (Å²) in [6, 6.07) is 5.23. The molecule has 1 saturated heterocycles. The van der Waals surface area contributed by atoms with Gasteiger partial charge >= 0.3 is 6.03 Å². The van der Waals surface area contributed by atoms with Crippen LogP contribution in [0.5, 0.6) is 5.75 Å². The van der Waals surface area contributed by atoms with Gasteiger partial charge in [0.15, 0.2) is 0 Å². The standard InChI is InChI=1S/C15H17BrN2O3/c1-21-11-4-5-12(16)10(8-11)9-18-13(19)15(17-14(18)20)6-2-3-7-15/h4-5,8H,2-3,6-7,9H2,1H3,(H,17,20). The minimum absolute atomic E-state index is 0.0975. The lowest BCUT2D eigenvalue weighted by Crippen LogP contribution is -2.44. The number of methoxy groups -OCH3 is 1. The number of hydrogen-bond donors (Lipinski definition) is 1. The molecule has 21 heavy (non-hydrogen) atoms. The second-order valence-electron chi connectivity index (χ2n) is 5.57. The molecule has 1 aliphatic heterocycles. The third-order valence-corrected chi connectivity index (χ3v) is 5.06. The summed E-state index contributed by atoms with van der Waals surface area (Å²) in [7, 11) is 1.59. The number of hydrogen-bond acceptors (Lipinski definition) is 3. The lowest BCUT2D eigenvalue weighted by atomic mass is 9.98. The molecule has 2 fully saturated rings. The van der Waals surface area contributed by atoms with Crippen molar-refractivity contribution in [3.63, 3.8) is 0 Å². The van der Waals surface area contributed by atoms with Gasteiger partial charge in [0.1, 0.15) is 11.3 Å². The highest BCUT2D eigenvalue weighted by Gasteiger charge is 2.52. The smallest absolute Gasteiger partial charge is 0.325 e. The fraction of sp³-hybridized carbons (Fsp3) is 0.467. The van der Waals surface area contributed by atoms with E-state index in [1.807, 2.05) is 18.2 Å². The molecule has 0 bridgehead atoms. The molecular formula is C15H17BrN2O3. The van der Waals surface area contributed by atoms with Crippen molar-refractivity contribution in [2.75, 3.05) is 7.11 Å². The third kappa shape index (κ3) is 2.41. The van der Waals surface area contributed by atoms with Crippen LogP contribution in [0.4, 0.5) is 4.79 Å². The number of carbonyl (C=O) groups excluding carboxylic acids is 2. The highest BCUT2D eigenvalue weighted by Crippen LogP contribution is 2.36. The molecule has 1 aromatic rings. The monoisotopic (exact) mass is 352 g/mol. The first-order chi connectivity index (χ1) is 10.1. The van der Waals surface area contributed by atoms with Gasteiger partial charge in [0, 0.05) is 4.47 Å². The van der Waals surface area contributed by atoms with Gasteiger partial charge in [-0.15, -0.1) is 0 Å². The Morgan fingerprint density at radius 3 is 2.71 bits per heavy atom. The van der Waals surface area contributed by atoms with Crippen molar-refractivity contribution in [2.24, 2.45) is 0 Å². The van der Waals surface area contributed by atoms with Crippen molar-refractivity contribution in [1.82, 2.24) is 10.2 Å². The lowest BCUT2D eigenvalue weighted by molar-refractivity contribution is -0.131. The molecule has 0 atom stereocenters. The zero-order valence-corrected chi connectivity index (χ0v) is 13.4. The molecule has 1 aliphatic carbocycles. The normalized spacial score (nSPS) is 20.2. The zero-order valence-electron chi connectivity index (χ0n) is 11.8. The van der Waals surface area contributed by atoms with Gasteiger partial charge in [0.05, 0.1) is 13.7 Å². The van der Waals surface area contributed by atoms with Crippen LogP contribution >= 0.6 is 15.9 Å². The van der Waals surface area contributed by atoms with E-state index in [0.29, 0.717) is 5.75 Å². The predicted molar refractivity (Wildman–Crippen MR) is 81.0 cm³/mol. The first-order valence-electron chi connectivity index (χ1n) is 7.02. The molecule has 0 radical (unpaired) electrons. The van der Waals surface area contributed by atoms with Crippen LogP contribution in [0.3, 0.4) is 0 Å². The molecule has 0 unspecified atom stereocenters. The summed E-state index contributed by atoms with van der Waals surface area (Å²) in [5.41, 5.74) is 0.204. The molecule has 3 amide bonds. The van der Waals surface area contributed by atoms with Gasteiger partial charge in [-0.3, -0.25) is 9.69 Å². The summed E-state index contributed by atoms with van der Waals surface area (Å²) >= 11 is 3.46.